The lowest BCUT2D eigenvalue weighted by Crippen LogP contribution is -2.04. The smallest absolute Gasteiger partial charge is 0.230 e. The molecule has 18 heavy (non-hydrogen) atoms. The van der Waals surface area contributed by atoms with Gasteiger partial charge in [0.25, 0.3) is 0 Å². The maximum absolute atomic E-state index is 5.93. The quantitative estimate of drug-likeness (QED) is 0.888. The Bertz CT molecular complexity index is 543. The number of hydrogen-bond donors (Lipinski definition) is 1. The highest BCUT2D eigenvalue weighted by Gasteiger charge is 2.22. The Labute approximate surface area is 108 Å². The highest BCUT2D eigenvalue weighted by Crippen LogP contribution is 2.36. The largest absolute Gasteiger partial charge is 0.367 e. The van der Waals surface area contributed by atoms with Crippen LogP contribution in [0.2, 0.25) is 0 Å². The van der Waals surface area contributed by atoms with E-state index in [2.05, 4.69) is 45.0 Å². The monoisotopic (exact) mass is 244 g/mol. The van der Waals surface area contributed by atoms with Crippen molar-refractivity contribution in [1.29, 1.82) is 0 Å². The molecule has 1 unspecified atom stereocenters. The van der Waals surface area contributed by atoms with E-state index in [4.69, 9.17) is 10.3 Å². The average molecular weight is 244 g/mol. The number of nitrogens with two attached hydrogens (primary N) is 1. The van der Waals surface area contributed by atoms with E-state index in [1.807, 2.05) is 12.1 Å². The Balaban J connectivity index is 2.53. The molecular weight excluding hydrogens is 224 g/mol. The Morgan fingerprint density at radius 1 is 1.22 bits per heavy atom. The number of anilines is 1. The first-order valence-electron chi connectivity index (χ1n) is 6.32. The van der Waals surface area contributed by atoms with Crippen molar-refractivity contribution in [3.05, 3.63) is 35.5 Å². The van der Waals surface area contributed by atoms with Crippen molar-refractivity contribution in [1.82, 2.24) is 5.16 Å². The number of rotatable bonds is 3. The summed E-state index contributed by atoms with van der Waals surface area (Å²) in [5.41, 5.74) is 10.1. The topological polar surface area (TPSA) is 52.0 Å². The van der Waals surface area contributed by atoms with Gasteiger partial charge in [-0.25, -0.2) is 0 Å². The summed E-state index contributed by atoms with van der Waals surface area (Å²) in [6.07, 6.45) is 0. The van der Waals surface area contributed by atoms with Gasteiger partial charge in [0.15, 0.2) is 0 Å². The van der Waals surface area contributed by atoms with E-state index >= 15 is 0 Å². The van der Waals surface area contributed by atoms with Gasteiger partial charge in [-0.3, -0.25) is 0 Å². The molecule has 2 rings (SSSR count). The van der Waals surface area contributed by atoms with Crippen LogP contribution in [0.25, 0.3) is 11.1 Å². The van der Waals surface area contributed by atoms with Gasteiger partial charge < -0.3 is 10.3 Å². The van der Waals surface area contributed by atoms with E-state index < -0.39 is 0 Å². The average Bonchev–Trinajstić information content (AvgIpc) is 2.70. The molecule has 3 nitrogen and oxygen atoms in total. The van der Waals surface area contributed by atoms with Crippen LogP contribution in [0.3, 0.4) is 0 Å². The third-order valence-corrected chi connectivity index (χ3v) is 3.48. The molecule has 0 bridgehead atoms. The Kier molecular flexibility index (Phi) is 3.41. The summed E-state index contributed by atoms with van der Waals surface area (Å²) in [5.74, 6) is 1.22. The number of hydrogen-bond acceptors (Lipinski definition) is 3. The van der Waals surface area contributed by atoms with E-state index in [9.17, 15) is 0 Å². The van der Waals surface area contributed by atoms with Gasteiger partial charge in [0, 0.05) is 5.92 Å². The van der Waals surface area contributed by atoms with Crippen molar-refractivity contribution >= 4 is 5.88 Å². The molecular formula is C15H20N2O. The van der Waals surface area contributed by atoms with Crippen LogP contribution in [-0.4, -0.2) is 5.16 Å². The Hall–Kier alpha value is -1.77. The van der Waals surface area contributed by atoms with Crippen molar-refractivity contribution in [2.45, 2.75) is 33.6 Å². The molecule has 0 spiro atoms. The van der Waals surface area contributed by atoms with Gasteiger partial charge in [-0.1, -0.05) is 55.8 Å². The minimum atomic E-state index is 0.321. The molecule has 0 aliphatic rings. The second-order valence-corrected chi connectivity index (χ2v) is 5.21. The number of aryl methyl sites for hydroxylation is 1. The summed E-state index contributed by atoms with van der Waals surface area (Å²) in [6, 6.07) is 8.26. The lowest BCUT2D eigenvalue weighted by Gasteiger charge is -2.14. The maximum atomic E-state index is 5.93. The van der Waals surface area contributed by atoms with Crippen molar-refractivity contribution < 1.29 is 4.52 Å². The molecule has 3 heteroatoms. The zero-order chi connectivity index (χ0) is 13.3. The van der Waals surface area contributed by atoms with Gasteiger partial charge in [0.2, 0.25) is 5.88 Å². The predicted molar refractivity (Wildman–Crippen MR) is 74.3 cm³/mol. The van der Waals surface area contributed by atoms with Crippen LogP contribution < -0.4 is 5.73 Å². The molecule has 2 aromatic rings. The minimum Gasteiger partial charge on any atom is -0.367 e. The lowest BCUT2D eigenvalue weighted by atomic mass is 9.90. The van der Waals surface area contributed by atoms with E-state index in [1.54, 1.807) is 0 Å². The molecule has 0 saturated carbocycles. The first-order chi connectivity index (χ1) is 8.50. The number of aromatic nitrogens is 1. The standard InChI is InChI=1S/C15H20N2O/c1-9(2)11(4)14-13(15(16)18-17-14)12-7-5-6-10(3)8-12/h5-9,11H,16H2,1-4H3. The van der Waals surface area contributed by atoms with E-state index in [1.165, 1.54) is 5.56 Å². The van der Waals surface area contributed by atoms with Gasteiger partial charge in [0.1, 0.15) is 0 Å². The summed E-state index contributed by atoms with van der Waals surface area (Å²) in [6.45, 7) is 8.57. The third kappa shape index (κ3) is 2.26. The molecule has 1 heterocycles. The molecule has 1 aromatic heterocycles. The van der Waals surface area contributed by atoms with Crippen LogP contribution in [0.5, 0.6) is 0 Å². The maximum Gasteiger partial charge on any atom is 0.230 e. The number of nitrogen functional groups attached to an aromatic ring is 1. The molecule has 0 fully saturated rings. The summed E-state index contributed by atoms with van der Waals surface area (Å²) in [7, 11) is 0. The fraction of sp³-hybridized carbons (Fsp3) is 0.400. The van der Waals surface area contributed by atoms with Gasteiger partial charge in [0.05, 0.1) is 11.3 Å². The van der Waals surface area contributed by atoms with Crippen molar-refractivity contribution in [2.75, 3.05) is 5.73 Å². The predicted octanol–water partition coefficient (Wildman–Crippen LogP) is 3.99. The van der Waals surface area contributed by atoms with Gasteiger partial charge >= 0.3 is 0 Å². The zero-order valence-electron chi connectivity index (χ0n) is 11.4. The van der Waals surface area contributed by atoms with Crippen molar-refractivity contribution in [2.24, 2.45) is 5.92 Å². The van der Waals surface area contributed by atoms with Crippen LogP contribution >= 0.6 is 0 Å². The highest BCUT2D eigenvalue weighted by atomic mass is 16.5. The number of benzene rings is 1. The fourth-order valence-electron chi connectivity index (χ4n) is 2.03. The Morgan fingerprint density at radius 3 is 2.56 bits per heavy atom. The van der Waals surface area contributed by atoms with Crippen LogP contribution in [0.4, 0.5) is 5.88 Å². The van der Waals surface area contributed by atoms with Crippen LogP contribution in [0.1, 0.15) is 37.9 Å². The van der Waals surface area contributed by atoms with Gasteiger partial charge in [-0.05, 0) is 18.4 Å². The summed E-state index contributed by atoms with van der Waals surface area (Å²) >= 11 is 0. The normalized spacial score (nSPS) is 12.9. The summed E-state index contributed by atoms with van der Waals surface area (Å²) in [5, 5.41) is 4.14. The van der Waals surface area contributed by atoms with Crippen LogP contribution in [0, 0.1) is 12.8 Å². The molecule has 96 valence electrons. The molecule has 1 atom stereocenters. The first kappa shape index (κ1) is 12.7. The molecule has 1 aromatic carbocycles. The number of nitrogens with zero attached hydrogens (tertiary/aromatic N) is 1. The second-order valence-electron chi connectivity index (χ2n) is 5.21. The third-order valence-electron chi connectivity index (χ3n) is 3.48. The van der Waals surface area contributed by atoms with E-state index in [0.29, 0.717) is 17.7 Å². The molecule has 0 aliphatic heterocycles. The zero-order valence-corrected chi connectivity index (χ0v) is 11.4. The van der Waals surface area contributed by atoms with Crippen LogP contribution in [-0.2, 0) is 0 Å². The fourth-order valence-corrected chi connectivity index (χ4v) is 2.03. The van der Waals surface area contributed by atoms with E-state index in [0.717, 1.165) is 16.8 Å². The highest BCUT2D eigenvalue weighted by molar-refractivity contribution is 5.75. The van der Waals surface area contributed by atoms with Gasteiger partial charge in [-0.2, -0.15) is 0 Å². The van der Waals surface area contributed by atoms with Crippen LogP contribution in [0.15, 0.2) is 28.8 Å². The lowest BCUT2D eigenvalue weighted by molar-refractivity contribution is 0.407. The molecule has 0 aliphatic carbocycles. The molecule has 0 amide bonds. The summed E-state index contributed by atoms with van der Waals surface area (Å²) < 4.78 is 5.19. The van der Waals surface area contributed by atoms with Gasteiger partial charge in [-0.15, -0.1) is 0 Å². The summed E-state index contributed by atoms with van der Waals surface area (Å²) in [4.78, 5) is 0. The Morgan fingerprint density at radius 2 is 1.94 bits per heavy atom. The minimum absolute atomic E-state index is 0.321. The molecule has 2 N–H and O–H groups in total. The van der Waals surface area contributed by atoms with E-state index in [-0.39, 0.29) is 0 Å². The SMILES string of the molecule is Cc1cccc(-c2c(C(C)C(C)C)noc2N)c1. The van der Waals surface area contributed by atoms with Crippen molar-refractivity contribution in [3.63, 3.8) is 0 Å². The first-order valence-corrected chi connectivity index (χ1v) is 6.32. The second kappa shape index (κ2) is 4.84. The van der Waals surface area contributed by atoms with Crippen molar-refractivity contribution in [3.8, 4) is 11.1 Å². The molecule has 0 saturated heterocycles. The molecule has 0 radical (unpaired) electrons.